The Kier molecular flexibility index (Phi) is 7.23. The quantitative estimate of drug-likeness (QED) is 0.515. The van der Waals surface area contributed by atoms with Gasteiger partial charge in [0.25, 0.3) is 0 Å². The zero-order chi connectivity index (χ0) is 25.2. The lowest BCUT2D eigenvalue weighted by molar-refractivity contribution is -0.120. The number of aromatic nitrogens is 1. The summed E-state index contributed by atoms with van der Waals surface area (Å²) in [4.78, 5) is 12.9. The molecule has 2 heterocycles. The molecule has 0 radical (unpaired) electrons. The molecule has 2 aromatic carbocycles. The van der Waals surface area contributed by atoms with E-state index in [1.54, 1.807) is 13.0 Å². The lowest BCUT2D eigenvalue weighted by atomic mass is 9.99. The van der Waals surface area contributed by atoms with Crippen LogP contribution in [-0.4, -0.2) is 36.9 Å². The number of amides is 1. The second-order valence-electron chi connectivity index (χ2n) is 9.16. The summed E-state index contributed by atoms with van der Waals surface area (Å²) in [5.41, 5.74) is 5.39. The van der Waals surface area contributed by atoms with E-state index in [0.717, 1.165) is 16.7 Å². The Morgan fingerprint density at radius 1 is 1.09 bits per heavy atom. The van der Waals surface area contributed by atoms with Crippen molar-refractivity contribution in [3.8, 4) is 0 Å². The number of carbonyl (C=O) groups is 1. The number of carbonyl (C=O) groups excluding carboxylic acids is 1. The van der Waals surface area contributed by atoms with Gasteiger partial charge >= 0.3 is 0 Å². The minimum atomic E-state index is -3.90. The van der Waals surface area contributed by atoms with E-state index in [1.807, 2.05) is 57.2 Å². The van der Waals surface area contributed by atoms with Gasteiger partial charge in [0.1, 0.15) is 5.69 Å². The summed E-state index contributed by atoms with van der Waals surface area (Å²) in [6.45, 7) is 8.19. The summed E-state index contributed by atoms with van der Waals surface area (Å²) in [7, 11) is -3.90. The van der Waals surface area contributed by atoms with Crippen molar-refractivity contribution in [1.82, 2.24) is 9.46 Å². The van der Waals surface area contributed by atoms with Gasteiger partial charge in [-0.1, -0.05) is 47.1 Å². The SMILES string of the molecule is Cc1cc(C)c(/C=C/c2onc(C)c2S(=O)(=O)N2CCCC(C(=O)Nc3ccccc3)C2)c(C)c1. The number of nitrogens with zero attached hydrogens (tertiary/aromatic N) is 2. The standard InChI is InChI=1S/C27H31N3O4S/c1-18-15-19(2)24(20(3)16-18)12-13-25-26(21(4)29-34-25)35(32,33)30-14-8-9-22(17-30)27(31)28-23-10-6-5-7-11-23/h5-7,10-13,15-16,22H,8-9,14,17H2,1-4H3,(H,28,31)/b13-12+. The summed E-state index contributed by atoms with van der Waals surface area (Å²) in [5.74, 6) is -0.419. The highest BCUT2D eigenvalue weighted by atomic mass is 32.2. The molecule has 8 heteroatoms. The number of hydrogen-bond donors (Lipinski definition) is 1. The van der Waals surface area contributed by atoms with E-state index in [0.29, 0.717) is 30.8 Å². The van der Waals surface area contributed by atoms with E-state index < -0.39 is 15.9 Å². The fraction of sp³-hybridized carbons (Fsp3) is 0.333. The fourth-order valence-electron chi connectivity index (χ4n) is 4.68. The number of hydrogen-bond acceptors (Lipinski definition) is 5. The van der Waals surface area contributed by atoms with Crippen molar-refractivity contribution in [2.45, 2.75) is 45.4 Å². The van der Waals surface area contributed by atoms with Crippen LogP contribution in [0.25, 0.3) is 12.2 Å². The number of nitrogens with one attached hydrogen (secondary N) is 1. The average molecular weight is 494 g/mol. The predicted octanol–water partition coefficient (Wildman–Crippen LogP) is 5.12. The number of sulfonamides is 1. The van der Waals surface area contributed by atoms with Gasteiger partial charge in [-0.25, -0.2) is 8.42 Å². The number of para-hydroxylation sites is 1. The Balaban J connectivity index is 1.57. The Morgan fingerprint density at radius 2 is 1.77 bits per heavy atom. The summed E-state index contributed by atoms with van der Waals surface area (Å²) in [6, 6.07) is 13.4. The van der Waals surface area contributed by atoms with E-state index in [-0.39, 0.29) is 23.1 Å². The number of benzene rings is 2. The second kappa shape index (κ2) is 10.2. The number of anilines is 1. The average Bonchev–Trinajstić information content (AvgIpc) is 3.20. The maximum atomic E-state index is 13.7. The van der Waals surface area contributed by atoms with Crippen LogP contribution < -0.4 is 5.32 Å². The van der Waals surface area contributed by atoms with Crippen molar-refractivity contribution >= 4 is 33.8 Å². The summed E-state index contributed by atoms with van der Waals surface area (Å²) in [6.07, 6.45) is 4.77. The molecule has 0 bridgehead atoms. The van der Waals surface area contributed by atoms with Gasteiger partial charge in [0, 0.05) is 18.8 Å². The lowest BCUT2D eigenvalue weighted by Crippen LogP contribution is -2.43. The molecule has 0 saturated carbocycles. The van der Waals surface area contributed by atoms with Crippen LogP contribution in [0.3, 0.4) is 0 Å². The lowest BCUT2D eigenvalue weighted by Gasteiger charge is -2.31. The van der Waals surface area contributed by atoms with Crippen LogP contribution in [0.1, 0.15) is 46.5 Å². The number of rotatable bonds is 6. The molecule has 1 aliphatic heterocycles. The molecule has 4 rings (SSSR count). The van der Waals surface area contributed by atoms with Crippen LogP contribution >= 0.6 is 0 Å². The molecule has 1 atom stereocenters. The molecule has 3 aromatic rings. The predicted molar refractivity (Wildman–Crippen MR) is 137 cm³/mol. The Morgan fingerprint density at radius 3 is 2.46 bits per heavy atom. The van der Waals surface area contributed by atoms with Gasteiger partial charge in [0.05, 0.1) is 5.92 Å². The zero-order valence-electron chi connectivity index (χ0n) is 20.5. The van der Waals surface area contributed by atoms with Crippen LogP contribution in [0, 0.1) is 33.6 Å². The van der Waals surface area contributed by atoms with Crippen molar-refractivity contribution in [3.63, 3.8) is 0 Å². The highest BCUT2D eigenvalue weighted by Gasteiger charge is 2.37. The van der Waals surface area contributed by atoms with Crippen molar-refractivity contribution < 1.29 is 17.7 Å². The first-order valence-corrected chi connectivity index (χ1v) is 13.2. The minimum absolute atomic E-state index is 0.0558. The summed E-state index contributed by atoms with van der Waals surface area (Å²) >= 11 is 0. The topological polar surface area (TPSA) is 92.5 Å². The second-order valence-corrected chi connectivity index (χ2v) is 11.0. The zero-order valence-corrected chi connectivity index (χ0v) is 21.4. The van der Waals surface area contributed by atoms with Gasteiger partial charge in [-0.15, -0.1) is 0 Å². The molecule has 1 aromatic heterocycles. The molecule has 7 nitrogen and oxygen atoms in total. The molecule has 184 valence electrons. The molecular weight excluding hydrogens is 462 g/mol. The van der Waals surface area contributed by atoms with Crippen LogP contribution in [0.4, 0.5) is 5.69 Å². The summed E-state index contributed by atoms with van der Waals surface area (Å²) in [5, 5.41) is 6.84. The first-order valence-electron chi connectivity index (χ1n) is 11.7. The van der Waals surface area contributed by atoms with E-state index in [9.17, 15) is 13.2 Å². The van der Waals surface area contributed by atoms with E-state index in [1.165, 1.54) is 9.87 Å². The molecule has 0 aliphatic carbocycles. The largest absolute Gasteiger partial charge is 0.355 e. The van der Waals surface area contributed by atoms with Crippen LogP contribution in [0.15, 0.2) is 51.9 Å². The van der Waals surface area contributed by atoms with E-state index in [4.69, 9.17) is 4.52 Å². The van der Waals surface area contributed by atoms with Crippen molar-refractivity contribution in [2.24, 2.45) is 5.92 Å². The first kappa shape index (κ1) is 24.9. The van der Waals surface area contributed by atoms with E-state index in [2.05, 4.69) is 22.6 Å². The highest BCUT2D eigenvalue weighted by molar-refractivity contribution is 7.89. The van der Waals surface area contributed by atoms with Crippen LogP contribution in [-0.2, 0) is 14.8 Å². The number of piperidine rings is 1. The Bertz CT molecular complexity index is 1340. The smallest absolute Gasteiger partial charge is 0.248 e. The molecule has 1 fully saturated rings. The molecule has 1 amide bonds. The monoisotopic (exact) mass is 493 g/mol. The van der Waals surface area contributed by atoms with Gasteiger partial charge in [0.2, 0.25) is 15.9 Å². The third kappa shape index (κ3) is 5.39. The van der Waals surface area contributed by atoms with Gasteiger partial charge in [-0.2, -0.15) is 4.31 Å². The molecule has 1 saturated heterocycles. The molecule has 1 N–H and O–H groups in total. The maximum Gasteiger partial charge on any atom is 0.248 e. The third-order valence-electron chi connectivity index (χ3n) is 6.37. The van der Waals surface area contributed by atoms with Crippen LogP contribution in [0.2, 0.25) is 0 Å². The Labute approximate surface area is 206 Å². The van der Waals surface area contributed by atoms with Crippen LogP contribution in [0.5, 0.6) is 0 Å². The molecule has 1 unspecified atom stereocenters. The maximum absolute atomic E-state index is 13.7. The Hall–Kier alpha value is -3.23. The molecule has 35 heavy (non-hydrogen) atoms. The molecule has 1 aliphatic rings. The van der Waals surface area contributed by atoms with Crippen molar-refractivity contribution in [3.05, 3.63) is 76.2 Å². The fourth-order valence-corrected chi connectivity index (χ4v) is 6.46. The van der Waals surface area contributed by atoms with Crippen molar-refractivity contribution in [1.29, 1.82) is 0 Å². The third-order valence-corrected chi connectivity index (χ3v) is 8.39. The minimum Gasteiger partial charge on any atom is -0.355 e. The highest BCUT2D eigenvalue weighted by Crippen LogP contribution is 2.30. The van der Waals surface area contributed by atoms with E-state index >= 15 is 0 Å². The summed E-state index contributed by atoms with van der Waals surface area (Å²) < 4.78 is 34.1. The van der Waals surface area contributed by atoms with Gasteiger partial charge < -0.3 is 9.84 Å². The molecule has 0 spiro atoms. The van der Waals surface area contributed by atoms with Gasteiger partial charge in [-0.05, 0) is 75.4 Å². The molecular formula is C27H31N3O4S. The first-order chi connectivity index (χ1) is 16.7. The van der Waals surface area contributed by atoms with Crippen molar-refractivity contribution in [2.75, 3.05) is 18.4 Å². The van der Waals surface area contributed by atoms with Gasteiger partial charge in [-0.3, -0.25) is 4.79 Å². The normalized spacial score (nSPS) is 17.1. The van der Waals surface area contributed by atoms with Gasteiger partial charge in [0.15, 0.2) is 10.7 Å². The number of aryl methyl sites for hydroxylation is 4.